The SMILES string of the molecule is CCN1CCC[C@@H]1CNc1cc(NS(=O)(=O)c2ccccc2C(F)(F)F)cc2ccoc12.Cl. The molecule has 0 saturated carbocycles. The maximum absolute atomic E-state index is 13.3. The van der Waals surface area contributed by atoms with Crippen molar-refractivity contribution in [2.24, 2.45) is 0 Å². The van der Waals surface area contributed by atoms with Crippen LogP contribution in [0.1, 0.15) is 25.3 Å². The van der Waals surface area contributed by atoms with Gasteiger partial charge in [-0.2, -0.15) is 13.2 Å². The second-order valence-electron chi connectivity index (χ2n) is 7.77. The minimum atomic E-state index is -4.79. The fourth-order valence-electron chi connectivity index (χ4n) is 4.19. The largest absolute Gasteiger partial charge is 0.462 e. The van der Waals surface area contributed by atoms with E-state index in [9.17, 15) is 21.6 Å². The van der Waals surface area contributed by atoms with Crippen molar-refractivity contribution in [1.29, 1.82) is 0 Å². The molecule has 0 spiro atoms. The first kappa shape index (κ1) is 25.2. The van der Waals surface area contributed by atoms with Gasteiger partial charge < -0.3 is 9.73 Å². The number of alkyl halides is 3. The van der Waals surface area contributed by atoms with E-state index >= 15 is 0 Å². The van der Waals surface area contributed by atoms with Crippen molar-refractivity contribution in [3.05, 3.63) is 54.3 Å². The minimum Gasteiger partial charge on any atom is -0.462 e. The lowest BCUT2D eigenvalue weighted by Gasteiger charge is -2.23. The highest BCUT2D eigenvalue weighted by Crippen LogP contribution is 2.36. The Morgan fingerprint density at radius 1 is 1.18 bits per heavy atom. The van der Waals surface area contributed by atoms with Crippen molar-refractivity contribution in [3.63, 3.8) is 0 Å². The summed E-state index contributed by atoms with van der Waals surface area (Å²) in [5, 5.41) is 3.97. The zero-order valence-electron chi connectivity index (χ0n) is 17.9. The number of anilines is 2. The van der Waals surface area contributed by atoms with E-state index in [0.29, 0.717) is 29.2 Å². The van der Waals surface area contributed by atoms with Crippen molar-refractivity contribution >= 4 is 44.8 Å². The number of halogens is 4. The van der Waals surface area contributed by atoms with E-state index in [4.69, 9.17) is 4.42 Å². The molecule has 33 heavy (non-hydrogen) atoms. The number of benzene rings is 2. The van der Waals surface area contributed by atoms with Gasteiger partial charge in [0.15, 0.2) is 5.58 Å². The Bertz CT molecular complexity index is 1210. The first-order chi connectivity index (χ1) is 15.2. The molecule has 1 atom stereocenters. The predicted molar refractivity (Wildman–Crippen MR) is 124 cm³/mol. The minimum absolute atomic E-state index is 0. The van der Waals surface area contributed by atoms with Crippen LogP contribution in [0.25, 0.3) is 11.0 Å². The van der Waals surface area contributed by atoms with Crippen LogP contribution in [-0.2, 0) is 16.2 Å². The molecule has 0 radical (unpaired) electrons. The third kappa shape index (κ3) is 5.39. The lowest BCUT2D eigenvalue weighted by atomic mass is 10.2. The summed E-state index contributed by atoms with van der Waals surface area (Å²) >= 11 is 0. The molecule has 1 saturated heterocycles. The van der Waals surface area contributed by atoms with E-state index in [1.165, 1.54) is 18.4 Å². The van der Waals surface area contributed by atoms with Crippen LogP contribution in [0, 0.1) is 0 Å². The van der Waals surface area contributed by atoms with Crippen molar-refractivity contribution in [2.75, 3.05) is 29.7 Å². The zero-order chi connectivity index (χ0) is 22.9. The molecule has 1 fully saturated rings. The van der Waals surface area contributed by atoms with Crippen molar-refractivity contribution in [2.45, 2.75) is 36.9 Å². The number of furan rings is 1. The Kier molecular flexibility index (Phi) is 7.50. The average Bonchev–Trinajstić information content (AvgIpc) is 3.40. The first-order valence-corrected chi connectivity index (χ1v) is 11.9. The van der Waals surface area contributed by atoms with E-state index < -0.39 is 26.7 Å². The normalized spacial score (nSPS) is 17.2. The molecule has 1 aliphatic heterocycles. The van der Waals surface area contributed by atoms with E-state index in [1.54, 1.807) is 12.1 Å². The van der Waals surface area contributed by atoms with E-state index in [-0.39, 0.29) is 18.1 Å². The number of rotatable bonds is 7. The lowest BCUT2D eigenvalue weighted by molar-refractivity contribution is -0.139. The highest BCUT2D eigenvalue weighted by molar-refractivity contribution is 7.92. The topological polar surface area (TPSA) is 74.6 Å². The second kappa shape index (κ2) is 9.82. The molecule has 4 rings (SSSR count). The van der Waals surface area contributed by atoms with Crippen LogP contribution in [0.15, 0.2) is 58.0 Å². The van der Waals surface area contributed by atoms with Gasteiger partial charge in [0, 0.05) is 18.0 Å². The summed E-state index contributed by atoms with van der Waals surface area (Å²) in [6.07, 6.45) is -1.13. The van der Waals surface area contributed by atoms with E-state index in [0.717, 1.165) is 44.1 Å². The van der Waals surface area contributed by atoms with Gasteiger partial charge in [-0.05, 0) is 56.3 Å². The molecule has 0 amide bonds. The Balaban J connectivity index is 0.00000306. The van der Waals surface area contributed by atoms with Crippen LogP contribution < -0.4 is 10.0 Å². The highest BCUT2D eigenvalue weighted by atomic mass is 35.5. The van der Waals surface area contributed by atoms with Gasteiger partial charge in [0.05, 0.1) is 28.1 Å². The van der Waals surface area contributed by atoms with Crippen LogP contribution in [-0.4, -0.2) is 39.0 Å². The second-order valence-corrected chi connectivity index (χ2v) is 9.42. The summed E-state index contributed by atoms with van der Waals surface area (Å²) in [5.74, 6) is 0. The molecule has 3 aromatic rings. The van der Waals surface area contributed by atoms with Gasteiger partial charge in [-0.25, -0.2) is 8.42 Å². The third-order valence-corrected chi connectivity index (χ3v) is 7.16. The molecule has 6 nitrogen and oxygen atoms in total. The third-order valence-electron chi connectivity index (χ3n) is 5.72. The molecular weight excluding hydrogens is 479 g/mol. The van der Waals surface area contributed by atoms with E-state index in [1.807, 2.05) is 0 Å². The van der Waals surface area contributed by atoms with Crippen molar-refractivity contribution in [1.82, 2.24) is 4.90 Å². The molecule has 0 aliphatic carbocycles. The van der Waals surface area contributed by atoms with Gasteiger partial charge >= 0.3 is 6.18 Å². The average molecular weight is 504 g/mol. The lowest BCUT2D eigenvalue weighted by Crippen LogP contribution is -2.34. The van der Waals surface area contributed by atoms with Crippen LogP contribution in [0.5, 0.6) is 0 Å². The number of nitrogens with zero attached hydrogens (tertiary/aromatic N) is 1. The Hall–Kier alpha value is -2.43. The Morgan fingerprint density at radius 3 is 2.67 bits per heavy atom. The fourth-order valence-corrected chi connectivity index (χ4v) is 5.46. The van der Waals surface area contributed by atoms with Gasteiger partial charge in [0.25, 0.3) is 10.0 Å². The number of hydrogen-bond donors (Lipinski definition) is 2. The number of likely N-dealkylation sites (N-methyl/N-ethyl adjacent to an activating group) is 1. The maximum Gasteiger partial charge on any atom is 0.417 e. The smallest absolute Gasteiger partial charge is 0.417 e. The predicted octanol–water partition coefficient (Wildman–Crippen LogP) is 5.57. The molecule has 11 heteroatoms. The molecular formula is C22H25ClF3N3O3S. The molecule has 1 aromatic heterocycles. The molecule has 1 aliphatic rings. The number of fused-ring (bicyclic) bond motifs is 1. The highest BCUT2D eigenvalue weighted by Gasteiger charge is 2.37. The molecule has 2 aromatic carbocycles. The van der Waals surface area contributed by atoms with Crippen LogP contribution >= 0.6 is 12.4 Å². The van der Waals surface area contributed by atoms with Crippen molar-refractivity contribution in [3.8, 4) is 0 Å². The summed E-state index contributed by atoms with van der Waals surface area (Å²) in [7, 11) is -4.48. The number of hydrogen-bond acceptors (Lipinski definition) is 5. The quantitative estimate of drug-likeness (QED) is 0.441. The van der Waals surface area contributed by atoms with Crippen LogP contribution in [0.4, 0.5) is 24.5 Å². The summed E-state index contributed by atoms with van der Waals surface area (Å²) in [5.41, 5.74) is 0.0789. The van der Waals surface area contributed by atoms with Gasteiger partial charge in [0.1, 0.15) is 0 Å². The Morgan fingerprint density at radius 2 is 1.94 bits per heavy atom. The van der Waals surface area contributed by atoms with Crippen LogP contribution in [0.3, 0.4) is 0 Å². The van der Waals surface area contributed by atoms with Gasteiger partial charge in [-0.3, -0.25) is 9.62 Å². The molecule has 0 unspecified atom stereocenters. The summed E-state index contributed by atoms with van der Waals surface area (Å²) < 4.78 is 73.5. The number of nitrogens with one attached hydrogen (secondary N) is 2. The molecule has 180 valence electrons. The summed E-state index contributed by atoms with van der Waals surface area (Å²) in [4.78, 5) is 1.55. The van der Waals surface area contributed by atoms with Crippen LogP contribution in [0.2, 0.25) is 0 Å². The summed E-state index contributed by atoms with van der Waals surface area (Å²) in [6, 6.07) is 9.22. The fraction of sp³-hybridized carbons (Fsp3) is 0.364. The molecule has 2 heterocycles. The first-order valence-electron chi connectivity index (χ1n) is 10.4. The number of likely N-dealkylation sites (tertiary alicyclic amines) is 1. The zero-order valence-corrected chi connectivity index (χ0v) is 19.5. The maximum atomic E-state index is 13.3. The molecule has 2 N–H and O–H groups in total. The monoisotopic (exact) mass is 503 g/mol. The van der Waals surface area contributed by atoms with Gasteiger partial charge in [0.2, 0.25) is 0 Å². The van der Waals surface area contributed by atoms with Crippen molar-refractivity contribution < 1.29 is 26.0 Å². The van der Waals surface area contributed by atoms with Gasteiger partial charge in [-0.15, -0.1) is 12.4 Å². The Labute approximate surface area is 196 Å². The standard InChI is InChI=1S/C22H24F3N3O3S.ClH/c1-2-28-10-5-6-17(28)14-26-19-13-16(12-15-9-11-31-21(15)19)27-32(29,30)20-8-4-3-7-18(20)22(23,24)25;/h3-4,7-9,11-13,17,26-27H,2,5-6,10,14H2,1H3;1H/t17-;/m1./s1. The van der Waals surface area contributed by atoms with E-state index in [2.05, 4.69) is 21.9 Å². The number of sulfonamides is 1. The summed E-state index contributed by atoms with van der Waals surface area (Å²) in [6.45, 7) is 4.74. The molecule has 0 bridgehead atoms. The van der Waals surface area contributed by atoms with Gasteiger partial charge in [-0.1, -0.05) is 19.1 Å².